The number of hydrogen-bond acceptors (Lipinski definition) is 5. The van der Waals surface area contributed by atoms with E-state index in [0.29, 0.717) is 19.7 Å². The van der Waals surface area contributed by atoms with E-state index in [4.69, 9.17) is 4.74 Å². The van der Waals surface area contributed by atoms with Crippen LogP contribution in [0.25, 0.3) is 0 Å². The minimum Gasteiger partial charge on any atom is -0.375 e. The lowest BCUT2D eigenvalue weighted by atomic mass is 10.1. The largest absolute Gasteiger partial charge is 0.375 e. The van der Waals surface area contributed by atoms with Crippen LogP contribution in [0.4, 0.5) is 5.00 Å². The van der Waals surface area contributed by atoms with Gasteiger partial charge in [-0.1, -0.05) is 11.3 Å². The highest BCUT2D eigenvalue weighted by molar-refractivity contribution is 7.13. The predicted octanol–water partition coefficient (Wildman–Crippen LogP) is 2.56. The van der Waals surface area contributed by atoms with Gasteiger partial charge in [-0.3, -0.25) is 10.1 Å². The Hall–Kier alpha value is -0.980. The molecule has 0 atom stereocenters. The Labute approximate surface area is 105 Å². The van der Waals surface area contributed by atoms with Crippen LogP contribution in [0.1, 0.15) is 26.3 Å². The maximum absolute atomic E-state index is 10.5. The summed E-state index contributed by atoms with van der Waals surface area (Å²) in [7, 11) is 0. The van der Waals surface area contributed by atoms with E-state index in [9.17, 15) is 10.1 Å². The number of nitrogens with one attached hydrogen (secondary N) is 1. The Balaban J connectivity index is 2.38. The van der Waals surface area contributed by atoms with Gasteiger partial charge in [-0.25, -0.2) is 0 Å². The van der Waals surface area contributed by atoms with E-state index in [0.717, 1.165) is 16.9 Å². The number of nitro groups is 1. The second kappa shape index (κ2) is 6.09. The lowest BCUT2D eigenvalue weighted by Crippen LogP contribution is -2.37. The summed E-state index contributed by atoms with van der Waals surface area (Å²) in [5, 5.41) is 15.7. The molecule has 0 aliphatic heterocycles. The lowest BCUT2D eigenvalue weighted by Gasteiger charge is -2.24. The van der Waals surface area contributed by atoms with Gasteiger partial charge in [0, 0.05) is 31.1 Å². The molecule has 0 saturated carbocycles. The van der Waals surface area contributed by atoms with E-state index in [1.165, 1.54) is 0 Å². The van der Waals surface area contributed by atoms with Gasteiger partial charge in [0.2, 0.25) is 0 Å². The first-order valence-electron chi connectivity index (χ1n) is 5.51. The predicted molar refractivity (Wildman–Crippen MR) is 68.4 cm³/mol. The molecule has 0 aliphatic rings. The molecule has 0 radical (unpaired) electrons. The van der Waals surface area contributed by atoms with Crippen molar-refractivity contribution in [2.24, 2.45) is 0 Å². The van der Waals surface area contributed by atoms with Crippen molar-refractivity contribution in [1.29, 1.82) is 0 Å². The summed E-state index contributed by atoms with van der Waals surface area (Å²) in [6.45, 7) is 8.01. The summed E-state index contributed by atoms with van der Waals surface area (Å²) in [5.74, 6) is 0. The Morgan fingerprint density at radius 3 is 2.82 bits per heavy atom. The molecule has 1 N–H and O–H groups in total. The fourth-order valence-corrected chi connectivity index (χ4v) is 2.23. The van der Waals surface area contributed by atoms with Gasteiger partial charge in [-0.2, -0.15) is 0 Å². The summed E-state index contributed by atoms with van der Waals surface area (Å²) in [4.78, 5) is 10.1. The average molecular weight is 258 g/mol. The molecule has 0 unspecified atom stereocenters. The molecular formula is C11H18N2O3S. The molecule has 1 heterocycles. The highest BCUT2D eigenvalue weighted by atomic mass is 32.1. The average Bonchev–Trinajstić information content (AvgIpc) is 2.66. The zero-order chi connectivity index (χ0) is 12.9. The third kappa shape index (κ3) is 4.80. The molecule has 0 fully saturated rings. The van der Waals surface area contributed by atoms with Gasteiger partial charge >= 0.3 is 5.00 Å². The van der Waals surface area contributed by atoms with Crippen LogP contribution in [0.15, 0.2) is 11.4 Å². The van der Waals surface area contributed by atoms with Crippen molar-refractivity contribution >= 4 is 16.3 Å². The zero-order valence-corrected chi connectivity index (χ0v) is 11.2. The maximum atomic E-state index is 10.5. The van der Waals surface area contributed by atoms with Crippen molar-refractivity contribution in [2.45, 2.75) is 32.9 Å². The Morgan fingerprint density at radius 2 is 2.29 bits per heavy atom. The fraction of sp³-hybridized carbons (Fsp3) is 0.636. The first-order chi connectivity index (χ1) is 7.94. The summed E-state index contributed by atoms with van der Waals surface area (Å²) in [6, 6.07) is 1.60. The fourth-order valence-electron chi connectivity index (χ4n) is 1.50. The second-order valence-corrected chi connectivity index (χ2v) is 5.24. The van der Waals surface area contributed by atoms with Crippen LogP contribution in [0.3, 0.4) is 0 Å². The molecular weight excluding hydrogens is 240 g/mol. The second-order valence-electron chi connectivity index (χ2n) is 4.35. The van der Waals surface area contributed by atoms with Crippen LogP contribution in [0.2, 0.25) is 0 Å². The van der Waals surface area contributed by atoms with Gasteiger partial charge in [0.05, 0.1) is 10.5 Å². The molecule has 17 heavy (non-hydrogen) atoms. The third-order valence-electron chi connectivity index (χ3n) is 2.23. The molecule has 1 aromatic heterocycles. The minimum atomic E-state index is -0.363. The molecule has 96 valence electrons. The van der Waals surface area contributed by atoms with E-state index in [1.807, 2.05) is 20.8 Å². The van der Waals surface area contributed by atoms with Crippen molar-refractivity contribution < 1.29 is 9.66 Å². The summed E-state index contributed by atoms with van der Waals surface area (Å²) >= 11 is 1.16. The van der Waals surface area contributed by atoms with Gasteiger partial charge < -0.3 is 10.1 Å². The van der Waals surface area contributed by atoms with E-state index >= 15 is 0 Å². The topological polar surface area (TPSA) is 64.4 Å². The molecule has 6 heteroatoms. The number of rotatable bonds is 7. The van der Waals surface area contributed by atoms with Gasteiger partial charge in [0.25, 0.3) is 0 Å². The molecule has 0 amide bonds. The molecule has 0 bridgehead atoms. The summed E-state index contributed by atoms with van der Waals surface area (Å²) in [5.41, 5.74) is 0.727. The number of thiophene rings is 1. The van der Waals surface area contributed by atoms with E-state index < -0.39 is 0 Å². The quantitative estimate of drug-likeness (QED) is 0.603. The number of hydrogen-bond donors (Lipinski definition) is 1. The van der Waals surface area contributed by atoms with Gasteiger partial charge in [0.15, 0.2) is 0 Å². The van der Waals surface area contributed by atoms with E-state index in [1.54, 1.807) is 11.4 Å². The first-order valence-corrected chi connectivity index (χ1v) is 6.39. The molecule has 0 saturated heterocycles. The number of nitrogens with zero attached hydrogens (tertiary/aromatic N) is 1. The standard InChI is InChI=1S/C11H18N2O3S/c1-4-16-11(2,3)8-12-6-9-5-10(13(14)15)17-7-9/h5,7,12H,4,6,8H2,1-3H3. The van der Waals surface area contributed by atoms with Gasteiger partial charge in [0.1, 0.15) is 0 Å². The highest BCUT2D eigenvalue weighted by Crippen LogP contribution is 2.22. The minimum absolute atomic E-state index is 0.186. The van der Waals surface area contributed by atoms with Crippen LogP contribution >= 0.6 is 11.3 Å². The van der Waals surface area contributed by atoms with Crippen LogP contribution in [-0.2, 0) is 11.3 Å². The normalized spacial score (nSPS) is 11.7. The molecule has 0 spiro atoms. The van der Waals surface area contributed by atoms with Crippen molar-refractivity contribution in [3.8, 4) is 0 Å². The SMILES string of the molecule is CCOC(C)(C)CNCc1csc([N+](=O)[O-])c1. The maximum Gasteiger partial charge on any atom is 0.324 e. The van der Waals surface area contributed by atoms with Crippen molar-refractivity contribution in [2.75, 3.05) is 13.2 Å². The Bertz CT molecular complexity index is 377. The van der Waals surface area contributed by atoms with Gasteiger partial charge in [-0.05, 0) is 26.3 Å². The molecule has 1 rings (SSSR count). The van der Waals surface area contributed by atoms with Crippen LogP contribution in [-0.4, -0.2) is 23.7 Å². The highest BCUT2D eigenvalue weighted by Gasteiger charge is 2.17. The number of ether oxygens (including phenoxy) is 1. The zero-order valence-electron chi connectivity index (χ0n) is 10.4. The smallest absolute Gasteiger partial charge is 0.324 e. The third-order valence-corrected chi connectivity index (χ3v) is 3.16. The van der Waals surface area contributed by atoms with Crippen molar-refractivity contribution in [3.05, 3.63) is 27.1 Å². The Morgan fingerprint density at radius 1 is 1.59 bits per heavy atom. The first kappa shape index (κ1) is 14.1. The lowest BCUT2D eigenvalue weighted by molar-refractivity contribution is -0.380. The van der Waals surface area contributed by atoms with Crippen molar-refractivity contribution in [3.63, 3.8) is 0 Å². The van der Waals surface area contributed by atoms with E-state index in [-0.39, 0.29) is 15.5 Å². The molecule has 1 aromatic rings. The van der Waals surface area contributed by atoms with Crippen LogP contribution < -0.4 is 5.32 Å². The van der Waals surface area contributed by atoms with Crippen molar-refractivity contribution in [1.82, 2.24) is 5.32 Å². The summed E-state index contributed by atoms with van der Waals surface area (Å²) < 4.78 is 5.54. The summed E-state index contributed by atoms with van der Waals surface area (Å²) in [6.07, 6.45) is 0. The molecule has 0 aromatic carbocycles. The Kier molecular flexibility index (Phi) is 5.04. The van der Waals surface area contributed by atoms with Crippen LogP contribution in [0.5, 0.6) is 0 Å². The van der Waals surface area contributed by atoms with Gasteiger partial charge in [-0.15, -0.1) is 0 Å². The van der Waals surface area contributed by atoms with Crippen LogP contribution in [0, 0.1) is 10.1 Å². The van der Waals surface area contributed by atoms with E-state index in [2.05, 4.69) is 5.32 Å². The monoisotopic (exact) mass is 258 g/mol. The molecule has 0 aliphatic carbocycles. The molecule has 5 nitrogen and oxygen atoms in total.